The van der Waals surface area contributed by atoms with Gasteiger partial charge in [0.2, 0.25) is 10.0 Å². The van der Waals surface area contributed by atoms with E-state index in [9.17, 15) is 13.2 Å². The molecule has 1 aliphatic heterocycles. The first-order valence-corrected chi connectivity index (χ1v) is 15.8. The molecule has 5 rings (SSSR count). The van der Waals surface area contributed by atoms with Crippen molar-refractivity contribution in [2.45, 2.75) is 57.9 Å². The van der Waals surface area contributed by atoms with Crippen molar-refractivity contribution in [2.24, 2.45) is 0 Å². The van der Waals surface area contributed by atoms with Gasteiger partial charge in [-0.3, -0.25) is 14.4 Å². The van der Waals surface area contributed by atoms with Gasteiger partial charge in [0.05, 0.1) is 27.4 Å². The number of rotatable bonds is 7. The second-order valence-corrected chi connectivity index (χ2v) is 13.3. The summed E-state index contributed by atoms with van der Waals surface area (Å²) in [6.45, 7) is 7.74. The zero-order valence-corrected chi connectivity index (χ0v) is 24.7. The highest BCUT2D eigenvalue weighted by molar-refractivity contribution is 7.89. The number of halogens is 1. The van der Waals surface area contributed by atoms with Gasteiger partial charge in [-0.05, 0) is 81.6 Å². The number of carbonyl (C=O) groups is 1. The number of carbonyl (C=O) groups excluding carboxylic acids is 1. The fraction of sp³-hybridized carbons (Fsp3) is 0.393. The Bertz CT molecular complexity index is 1600. The number of amides is 1. The number of fused-ring (bicyclic) bond motifs is 1. The van der Waals surface area contributed by atoms with E-state index in [2.05, 4.69) is 5.10 Å². The zero-order chi connectivity index (χ0) is 27.7. The Labute approximate surface area is 238 Å². The maximum Gasteiger partial charge on any atom is 0.260 e. The summed E-state index contributed by atoms with van der Waals surface area (Å²) in [6, 6.07) is 12.0. The minimum atomic E-state index is -3.60. The molecule has 0 saturated carbocycles. The van der Waals surface area contributed by atoms with Gasteiger partial charge in [0.1, 0.15) is 0 Å². The van der Waals surface area contributed by atoms with Gasteiger partial charge in [-0.1, -0.05) is 35.8 Å². The minimum Gasteiger partial charge on any atom is -0.282 e. The monoisotopic (exact) mass is 585 g/mol. The molecule has 0 atom stereocenters. The topological polar surface area (TPSA) is 88.4 Å². The standard InChI is InChI=1S/C28H32ClN5O3S2/c1-19-18-20(2)34(31-19)17-16-33(28-30-26-21(3)24(29)12-13-25(26)38-28)27(35)22-8-10-23(11-9-22)39(36,37)32-14-6-4-5-7-15-32/h8-13,18H,4-7,14-17H2,1-3H3. The van der Waals surface area contributed by atoms with E-state index in [-0.39, 0.29) is 10.8 Å². The Morgan fingerprint density at radius 3 is 2.36 bits per heavy atom. The van der Waals surface area contributed by atoms with E-state index in [0.29, 0.717) is 41.9 Å². The number of anilines is 1. The van der Waals surface area contributed by atoms with Crippen LogP contribution < -0.4 is 4.90 Å². The fourth-order valence-corrected chi connectivity index (χ4v) is 7.66. The Morgan fingerprint density at radius 1 is 1.03 bits per heavy atom. The molecule has 3 heterocycles. The second-order valence-electron chi connectivity index (χ2n) is 9.97. The summed E-state index contributed by atoms with van der Waals surface area (Å²) in [5.41, 5.74) is 3.95. The van der Waals surface area contributed by atoms with Crippen LogP contribution in [-0.2, 0) is 16.6 Å². The number of thiazole rings is 1. The lowest BCUT2D eigenvalue weighted by Crippen LogP contribution is -2.34. The first kappa shape index (κ1) is 27.8. The predicted molar refractivity (Wildman–Crippen MR) is 156 cm³/mol. The van der Waals surface area contributed by atoms with Gasteiger partial charge >= 0.3 is 0 Å². The third kappa shape index (κ3) is 5.75. The number of aromatic nitrogens is 3. The van der Waals surface area contributed by atoms with E-state index in [1.54, 1.807) is 21.3 Å². The molecular formula is C28H32ClN5O3S2. The van der Waals surface area contributed by atoms with Crippen molar-refractivity contribution < 1.29 is 13.2 Å². The zero-order valence-electron chi connectivity index (χ0n) is 22.4. The highest BCUT2D eigenvalue weighted by Gasteiger charge is 2.27. The summed E-state index contributed by atoms with van der Waals surface area (Å²) in [5.74, 6) is -0.252. The number of aryl methyl sites for hydroxylation is 3. The average Bonchev–Trinajstić information content (AvgIpc) is 3.36. The maximum atomic E-state index is 13.9. The van der Waals surface area contributed by atoms with Crippen LogP contribution in [0.3, 0.4) is 0 Å². The summed E-state index contributed by atoms with van der Waals surface area (Å²) in [5, 5.41) is 5.72. The molecule has 0 bridgehead atoms. The van der Waals surface area contributed by atoms with Crippen molar-refractivity contribution in [2.75, 3.05) is 24.5 Å². The molecule has 1 saturated heterocycles. The molecule has 1 fully saturated rings. The molecular weight excluding hydrogens is 554 g/mol. The molecule has 2 aromatic carbocycles. The first-order chi connectivity index (χ1) is 18.6. The molecule has 39 heavy (non-hydrogen) atoms. The Kier molecular flexibility index (Phi) is 8.09. The van der Waals surface area contributed by atoms with Gasteiger partial charge in [-0.15, -0.1) is 0 Å². The lowest BCUT2D eigenvalue weighted by molar-refractivity contribution is 0.0985. The highest BCUT2D eigenvalue weighted by atomic mass is 35.5. The van der Waals surface area contributed by atoms with Crippen LogP contribution in [0.25, 0.3) is 10.2 Å². The molecule has 1 amide bonds. The van der Waals surface area contributed by atoms with E-state index >= 15 is 0 Å². The van der Waals surface area contributed by atoms with Crippen LogP contribution in [0.5, 0.6) is 0 Å². The molecule has 11 heteroatoms. The molecule has 0 unspecified atom stereocenters. The smallest absolute Gasteiger partial charge is 0.260 e. The summed E-state index contributed by atoms with van der Waals surface area (Å²) in [7, 11) is -3.60. The van der Waals surface area contributed by atoms with Crippen LogP contribution in [0.1, 0.15) is 53.0 Å². The molecule has 2 aromatic heterocycles. The summed E-state index contributed by atoms with van der Waals surface area (Å²) < 4.78 is 30.8. The largest absolute Gasteiger partial charge is 0.282 e. The third-order valence-electron chi connectivity index (χ3n) is 7.16. The molecule has 206 valence electrons. The molecule has 0 aliphatic carbocycles. The normalized spacial score (nSPS) is 15.0. The van der Waals surface area contributed by atoms with Crippen molar-refractivity contribution in [3.8, 4) is 0 Å². The van der Waals surface area contributed by atoms with Crippen molar-refractivity contribution >= 4 is 54.2 Å². The molecule has 1 aliphatic rings. The van der Waals surface area contributed by atoms with Gasteiger partial charge in [0, 0.05) is 35.9 Å². The van der Waals surface area contributed by atoms with Crippen molar-refractivity contribution in [3.63, 3.8) is 0 Å². The number of sulfonamides is 1. The maximum absolute atomic E-state index is 13.9. The molecule has 0 spiro atoms. The Hall–Kier alpha value is -2.79. The van der Waals surface area contributed by atoms with Gasteiger partial charge in [0.15, 0.2) is 5.13 Å². The lowest BCUT2D eigenvalue weighted by atomic mass is 10.2. The number of nitrogens with zero attached hydrogens (tertiary/aromatic N) is 5. The number of benzene rings is 2. The van der Waals surface area contributed by atoms with Crippen molar-refractivity contribution in [3.05, 3.63) is 70.0 Å². The van der Waals surface area contributed by atoms with Crippen molar-refractivity contribution in [1.29, 1.82) is 0 Å². The molecule has 4 aromatic rings. The van der Waals surface area contributed by atoms with E-state index in [4.69, 9.17) is 16.6 Å². The van der Waals surface area contributed by atoms with Crippen LogP contribution in [0.2, 0.25) is 5.02 Å². The van der Waals surface area contributed by atoms with Crippen LogP contribution in [0, 0.1) is 20.8 Å². The molecule has 0 radical (unpaired) electrons. The third-order valence-corrected chi connectivity index (χ3v) is 10.5. The Balaban J connectivity index is 1.45. The molecule has 0 N–H and O–H groups in total. The van der Waals surface area contributed by atoms with E-state index in [1.807, 2.05) is 43.7 Å². The average molecular weight is 586 g/mol. The molecule has 8 nitrogen and oxygen atoms in total. The number of hydrogen-bond donors (Lipinski definition) is 0. The summed E-state index contributed by atoms with van der Waals surface area (Å²) in [6.07, 6.45) is 3.83. The van der Waals surface area contributed by atoms with Gasteiger partial charge in [-0.25, -0.2) is 13.4 Å². The van der Waals surface area contributed by atoms with Crippen LogP contribution in [0.15, 0.2) is 47.4 Å². The predicted octanol–water partition coefficient (Wildman–Crippen LogP) is 5.98. The fourth-order valence-electron chi connectivity index (χ4n) is 4.94. The summed E-state index contributed by atoms with van der Waals surface area (Å²) in [4.78, 5) is 20.5. The second kappa shape index (κ2) is 11.4. The van der Waals surface area contributed by atoms with Crippen LogP contribution in [0.4, 0.5) is 5.13 Å². The van der Waals surface area contributed by atoms with Gasteiger partial charge in [0.25, 0.3) is 5.91 Å². The lowest BCUT2D eigenvalue weighted by Gasteiger charge is -2.22. The van der Waals surface area contributed by atoms with Gasteiger partial charge < -0.3 is 0 Å². The number of hydrogen-bond acceptors (Lipinski definition) is 6. The van der Waals surface area contributed by atoms with E-state index < -0.39 is 10.0 Å². The van der Waals surface area contributed by atoms with Crippen LogP contribution >= 0.6 is 22.9 Å². The van der Waals surface area contributed by atoms with E-state index in [0.717, 1.165) is 52.9 Å². The quantitative estimate of drug-likeness (QED) is 0.266. The van der Waals surface area contributed by atoms with Crippen molar-refractivity contribution in [1.82, 2.24) is 19.1 Å². The SMILES string of the molecule is Cc1cc(C)n(CCN(C(=O)c2ccc(S(=O)(=O)N3CCCCCC3)cc2)c2nc3c(C)c(Cl)ccc3s2)n1. The van der Waals surface area contributed by atoms with Gasteiger partial charge in [-0.2, -0.15) is 9.40 Å². The minimum absolute atomic E-state index is 0.209. The Morgan fingerprint density at radius 2 is 1.72 bits per heavy atom. The summed E-state index contributed by atoms with van der Waals surface area (Å²) >= 11 is 7.76. The highest BCUT2D eigenvalue weighted by Crippen LogP contribution is 2.34. The van der Waals surface area contributed by atoms with Crippen LogP contribution in [-0.4, -0.2) is 53.0 Å². The first-order valence-electron chi connectivity index (χ1n) is 13.1. The van der Waals surface area contributed by atoms with E-state index in [1.165, 1.54) is 23.5 Å².